The molecule has 1 unspecified atom stereocenters. The maximum absolute atomic E-state index is 5.85. The molecule has 1 atom stereocenters. The van der Waals surface area contributed by atoms with Gasteiger partial charge in [-0.1, -0.05) is 84.8 Å². The van der Waals surface area contributed by atoms with Crippen molar-refractivity contribution >= 4 is 5.57 Å². The molecule has 1 nitrogen and oxygen atoms in total. The quantitative estimate of drug-likeness (QED) is 0.560. The third kappa shape index (κ3) is 4.00. The van der Waals surface area contributed by atoms with Crippen molar-refractivity contribution in [2.24, 2.45) is 0 Å². The van der Waals surface area contributed by atoms with Gasteiger partial charge in [0.25, 0.3) is 0 Å². The number of hydrogen-bond acceptors (Lipinski definition) is 1. The maximum Gasteiger partial charge on any atom is 0.118 e. The highest BCUT2D eigenvalue weighted by Crippen LogP contribution is 2.29. The van der Waals surface area contributed by atoms with E-state index in [0.717, 1.165) is 28.0 Å². The van der Waals surface area contributed by atoms with Crippen LogP contribution in [0.25, 0.3) is 5.57 Å². The van der Waals surface area contributed by atoms with Crippen LogP contribution in [-0.2, 0) is 0 Å². The van der Waals surface area contributed by atoms with Gasteiger partial charge in [-0.05, 0) is 34.4 Å². The average molecular weight is 324 g/mol. The van der Waals surface area contributed by atoms with E-state index < -0.39 is 0 Å². The van der Waals surface area contributed by atoms with E-state index in [2.05, 4.69) is 36.3 Å². The Kier molecular flexibility index (Phi) is 5.34. The number of rotatable bonds is 5. The Morgan fingerprint density at radius 1 is 0.840 bits per heavy atom. The number of methoxy groups -OCH3 is 1. The fraction of sp³-hybridized carbons (Fsp3) is 0.0833. The molecule has 122 valence electrons. The molecule has 0 radical (unpaired) electrons. The number of benzene rings is 3. The summed E-state index contributed by atoms with van der Waals surface area (Å²) in [5.74, 6) is 3.63. The van der Waals surface area contributed by atoms with Crippen LogP contribution in [0.4, 0.5) is 0 Å². The summed E-state index contributed by atoms with van der Waals surface area (Å²) >= 11 is 0. The summed E-state index contributed by atoms with van der Waals surface area (Å²) in [5.41, 5.74) is 4.53. The zero-order valence-electron chi connectivity index (χ0n) is 14.2. The van der Waals surface area contributed by atoms with Crippen molar-refractivity contribution in [3.8, 4) is 18.1 Å². The number of hydrogen-bond donors (Lipinski definition) is 0. The normalized spacial score (nSPS) is 11.2. The SMILES string of the molecule is C#CC(C=C(c1ccccc1)c1ccccc1)c1ccc(OC)cc1. The first-order valence-corrected chi connectivity index (χ1v) is 8.24. The summed E-state index contributed by atoms with van der Waals surface area (Å²) < 4.78 is 5.24. The Hall–Kier alpha value is -3.24. The summed E-state index contributed by atoms with van der Waals surface area (Å²) in [6.07, 6.45) is 8.01. The lowest BCUT2D eigenvalue weighted by atomic mass is 9.91. The molecular formula is C24H20O. The van der Waals surface area contributed by atoms with Gasteiger partial charge in [-0.2, -0.15) is 0 Å². The first-order chi connectivity index (χ1) is 12.3. The molecule has 0 heterocycles. The van der Waals surface area contributed by atoms with Crippen LogP contribution in [0.2, 0.25) is 0 Å². The second-order valence-electron chi connectivity index (χ2n) is 5.73. The van der Waals surface area contributed by atoms with Gasteiger partial charge in [0, 0.05) is 0 Å². The van der Waals surface area contributed by atoms with Gasteiger partial charge < -0.3 is 4.74 Å². The highest BCUT2D eigenvalue weighted by Gasteiger charge is 2.11. The van der Waals surface area contributed by atoms with Crippen LogP contribution < -0.4 is 4.74 Å². The second kappa shape index (κ2) is 8.04. The number of ether oxygens (including phenoxy) is 1. The molecule has 3 aromatic carbocycles. The van der Waals surface area contributed by atoms with Gasteiger partial charge in [0.1, 0.15) is 5.75 Å². The van der Waals surface area contributed by atoms with Crippen molar-refractivity contribution in [1.29, 1.82) is 0 Å². The Labute approximate surface area is 149 Å². The summed E-state index contributed by atoms with van der Waals surface area (Å²) in [7, 11) is 1.66. The lowest BCUT2D eigenvalue weighted by molar-refractivity contribution is 0.414. The minimum Gasteiger partial charge on any atom is -0.497 e. The van der Waals surface area contributed by atoms with E-state index in [9.17, 15) is 0 Å². The van der Waals surface area contributed by atoms with Crippen LogP contribution in [-0.4, -0.2) is 7.11 Å². The van der Waals surface area contributed by atoms with E-state index in [1.807, 2.05) is 60.7 Å². The first-order valence-electron chi connectivity index (χ1n) is 8.24. The molecule has 3 rings (SSSR count). The van der Waals surface area contributed by atoms with Gasteiger partial charge in [0.15, 0.2) is 0 Å². The summed E-state index contributed by atoms with van der Waals surface area (Å²) in [6, 6.07) is 28.6. The van der Waals surface area contributed by atoms with E-state index in [0.29, 0.717) is 0 Å². The van der Waals surface area contributed by atoms with Gasteiger partial charge in [0.2, 0.25) is 0 Å². The Balaban J connectivity index is 2.06. The molecule has 0 amide bonds. The van der Waals surface area contributed by atoms with Crippen LogP contribution in [0.5, 0.6) is 5.75 Å². The largest absolute Gasteiger partial charge is 0.497 e. The molecule has 0 bridgehead atoms. The van der Waals surface area contributed by atoms with E-state index >= 15 is 0 Å². The molecule has 3 aromatic rings. The van der Waals surface area contributed by atoms with Crippen LogP contribution in [0.3, 0.4) is 0 Å². The van der Waals surface area contributed by atoms with Crippen LogP contribution in [0.15, 0.2) is 91.0 Å². The fourth-order valence-corrected chi connectivity index (χ4v) is 2.81. The van der Waals surface area contributed by atoms with Crippen molar-refractivity contribution in [2.45, 2.75) is 5.92 Å². The number of allylic oxidation sites excluding steroid dienone is 1. The first kappa shape index (κ1) is 16.6. The van der Waals surface area contributed by atoms with Crippen molar-refractivity contribution < 1.29 is 4.74 Å². The Bertz CT molecular complexity index is 827. The Morgan fingerprint density at radius 2 is 1.36 bits per heavy atom. The summed E-state index contributed by atoms with van der Waals surface area (Å²) in [5, 5.41) is 0. The molecule has 0 aliphatic heterocycles. The molecule has 1 heteroatoms. The lowest BCUT2D eigenvalue weighted by Crippen LogP contribution is -1.96. The van der Waals surface area contributed by atoms with Crippen molar-refractivity contribution in [3.63, 3.8) is 0 Å². The molecule has 0 aromatic heterocycles. The second-order valence-corrected chi connectivity index (χ2v) is 5.73. The van der Waals surface area contributed by atoms with Gasteiger partial charge in [-0.25, -0.2) is 0 Å². The third-order valence-corrected chi connectivity index (χ3v) is 4.16. The van der Waals surface area contributed by atoms with Gasteiger partial charge in [-0.3, -0.25) is 0 Å². The zero-order valence-corrected chi connectivity index (χ0v) is 14.2. The smallest absolute Gasteiger partial charge is 0.118 e. The van der Waals surface area contributed by atoms with Crippen molar-refractivity contribution in [3.05, 3.63) is 108 Å². The molecular weight excluding hydrogens is 304 g/mol. The number of terminal acetylenes is 1. The molecule has 0 spiro atoms. The van der Waals surface area contributed by atoms with Gasteiger partial charge >= 0.3 is 0 Å². The minimum absolute atomic E-state index is 0.110. The predicted octanol–water partition coefficient (Wildman–Crippen LogP) is 5.54. The van der Waals surface area contributed by atoms with Crippen LogP contribution in [0.1, 0.15) is 22.6 Å². The van der Waals surface area contributed by atoms with E-state index in [4.69, 9.17) is 11.2 Å². The van der Waals surface area contributed by atoms with Crippen molar-refractivity contribution in [1.82, 2.24) is 0 Å². The highest BCUT2D eigenvalue weighted by atomic mass is 16.5. The molecule has 25 heavy (non-hydrogen) atoms. The zero-order chi connectivity index (χ0) is 17.5. The standard InChI is InChI=1S/C24H20O/c1-3-19(20-14-16-23(25-2)17-15-20)18-24(21-10-6-4-7-11-21)22-12-8-5-9-13-22/h1,4-19H,2H3. The van der Waals surface area contributed by atoms with Gasteiger partial charge in [0.05, 0.1) is 13.0 Å². The fourth-order valence-electron chi connectivity index (χ4n) is 2.81. The van der Waals surface area contributed by atoms with Crippen LogP contribution in [0, 0.1) is 12.3 Å². The molecule has 0 N–H and O–H groups in total. The highest BCUT2D eigenvalue weighted by molar-refractivity contribution is 5.80. The average Bonchev–Trinajstić information content (AvgIpc) is 2.70. The minimum atomic E-state index is -0.110. The lowest BCUT2D eigenvalue weighted by Gasteiger charge is -2.13. The molecule has 0 saturated heterocycles. The molecule has 0 aliphatic carbocycles. The molecule has 0 fully saturated rings. The van der Waals surface area contributed by atoms with E-state index in [1.165, 1.54) is 0 Å². The van der Waals surface area contributed by atoms with Gasteiger partial charge in [-0.15, -0.1) is 6.42 Å². The summed E-state index contributed by atoms with van der Waals surface area (Å²) in [4.78, 5) is 0. The van der Waals surface area contributed by atoms with E-state index in [1.54, 1.807) is 7.11 Å². The Morgan fingerprint density at radius 3 is 1.80 bits per heavy atom. The topological polar surface area (TPSA) is 9.23 Å². The predicted molar refractivity (Wildman–Crippen MR) is 105 cm³/mol. The van der Waals surface area contributed by atoms with Crippen LogP contribution >= 0.6 is 0 Å². The molecule has 0 aliphatic rings. The summed E-state index contributed by atoms with van der Waals surface area (Å²) in [6.45, 7) is 0. The monoisotopic (exact) mass is 324 g/mol. The van der Waals surface area contributed by atoms with Crippen molar-refractivity contribution in [2.75, 3.05) is 7.11 Å². The van der Waals surface area contributed by atoms with E-state index in [-0.39, 0.29) is 5.92 Å². The molecule has 0 saturated carbocycles. The maximum atomic E-state index is 5.85. The third-order valence-electron chi connectivity index (χ3n) is 4.16.